The third-order valence-corrected chi connectivity index (χ3v) is 6.92. The lowest BCUT2D eigenvalue weighted by atomic mass is 10.1. The second kappa shape index (κ2) is 11.9. The van der Waals surface area contributed by atoms with Gasteiger partial charge in [0, 0.05) is 15.2 Å². The van der Waals surface area contributed by atoms with Gasteiger partial charge in [-0.25, -0.2) is 0 Å². The van der Waals surface area contributed by atoms with Gasteiger partial charge in [0.25, 0.3) is 11.8 Å². The van der Waals surface area contributed by atoms with Crippen LogP contribution in [-0.4, -0.2) is 29.3 Å². The number of hydrogen-bond donors (Lipinski definition) is 1. The van der Waals surface area contributed by atoms with Gasteiger partial charge in [0.15, 0.2) is 22.4 Å². The van der Waals surface area contributed by atoms with Gasteiger partial charge >= 0.3 is 0 Å². The molecule has 6 nitrogen and oxygen atoms in total. The van der Waals surface area contributed by atoms with Gasteiger partial charge in [-0.15, -0.1) is 0 Å². The molecule has 0 radical (unpaired) electrons. The Morgan fingerprint density at radius 2 is 1.92 bits per heavy atom. The first-order chi connectivity index (χ1) is 17.3. The summed E-state index contributed by atoms with van der Waals surface area (Å²) in [5.74, 6) is 0.347. The number of benzene rings is 3. The zero-order valence-electron chi connectivity index (χ0n) is 19.0. The Morgan fingerprint density at radius 3 is 2.67 bits per heavy atom. The number of halogens is 2. The van der Waals surface area contributed by atoms with Crippen LogP contribution in [0, 0.1) is 0 Å². The third kappa shape index (κ3) is 6.47. The number of nitrogens with zero attached hydrogens (tertiary/aromatic N) is 1. The molecule has 0 spiro atoms. The zero-order chi connectivity index (χ0) is 25.7. The Bertz CT molecular complexity index is 1370. The number of carbonyl (C=O) groups excluding carboxylic acids is 2. The SMILES string of the molecule is CCOc1cc(/C=C2/SC(=S)N(c3cccc(Br)c3)C2=O)ccc1OCC(=O)Nc1cccc(Cl)c1. The summed E-state index contributed by atoms with van der Waals surface area (Å²) in [5, 5.41) is 3.26. The van der Waals surface area contributed by atoms with Crippen LogP contribution >= 0.6 is 51.5 Å². The van der Waals surface area contributed by atoms with E-state index in [0.717, 1.165) is 10.0 Å². The lowest BCUT2D eigenvalue weighted by Crippen LogP contribution is -2.27. The van der Waals surface area contributed by atoms with E-state index in [9.17, 15) is 9.59 Å². The minimum absolute atomic E-state index is 0.195. The highest BCUT2D eigenvalue weighted by Gasteiger charge is 2.33. The predicted molar refractivity (Wildman–Crippen MR) is 153 cm³/mol. The fraction of sp³-hybridized carbons (Fsp3) is 0.115. The number of hydrogen-bond acceptors (Lipinski definition) is 6. The van der Waals surface area contributed by atoms with Crippen molar-refractivity contribution in [1.82, 2.24) is 0 Å². The first-order valence-electron chi connectivity index (χ1n) is 10.8. The Labute approximate surface area is 231 Å². The summed E-state index contributed by atoms with van der Waals surface area (Å²) in [6, 6.07) is 19.5. The number of nitrogens with one attached hydrogen (secondary N) is 1. The molecule has 0 bridgehead atoms. The van der Waals surface area contributed by atoms with Crippen LogP contribution < -0.4 is 19.7 Å². The standard InChI is InChI=1S/C26H20BrClN2O4S2/c1-2-33-22-11-16(9-10-21(22)34-15-24(31)29-19-7-4-6-18(28)14-19)12-23-25(32)30(26(35)36-23)20-8-3-5-17(27)13-20/h3-14H,2,15H2,1H3,(H,29,31)/b23-12+. The maximum Gasteiger partial charge on any atom is 0.270 e. The maximum absolute atomic E-state index is 13.1. The van der Waals surface area contributed by atoms with E-state index in [2.05, 4.69) is 21.2 Å². The molecular weight excluding hydrogens is 584 g/mol. The van der Waals surface area contributed by atoms with Crippen molar-refractivity contribution in [3.05, 3.63) is 86.7 Å². The number of carbonyl (C=O) groups is 2. The number of amides is 2. The highest BCUT2D eigenvalue weighted by atomic mass is 79.9. The summed E-state index contributed by atoms with van der Waals surface area (Å²) >= 11 is 16.1. The first kappa shape index (κ1) is 26.2. The molecule has 0 unspecified atom stereocenters. The van der Waals surface area contributed by atoms with E-state index < -0.39 is 0 Å². The molecule has 36 heavy (non-hydrogen) atoms. The molecule has 1 heterocycles. The van der Waals surface area contributed by atoms with Crippen LogP contribution in [0.25, 0.3) is 6.08 Å². The van der Waals surface area contributed by atoms with Gasteiger partial charge in [0.05, 0.1) is 17.2 Å². The second-order valence-corrected chi connectivity index (χ2v) is 10.5. The largest absolute Gasteiger partial charge is 0.490 e. The molecule has 3 aromatic rings. The summed E-state index contributed by atoms with van der Waals surface area (Å²) in [7, 11) is 0. The second-order valence-electron chi connectivity index (χ2n) is 7.48. The summed E-state index contributed by atoms with van der Waals surface area (Å²) in [5.41, 5.74) is 2.02. The van der Waals surface area contributed by atoms with Crippen molar-refractivity contribution in [3.8, 4) is 11.5 Å². The topological polar surface area (TPSA) is 67.9 Å². The van der Waals surface area contributed by atoms with Gasteiger partial charge in [-0.2, -0.15) is 0 Å². The normalized spacial score (nSPS) is 14.3. The lowest BCUT2D eigenvalue weighted by molar-refractivity contribution is -0.118. The van der Waals surface area contributed by atoms with Gasteiger partial charge < -0.3 is 14.8 Å². The molecule has 4 rings (SSSR count). The van der Waals surface area contributed by atoms with Crippen LogP contribution in [0.5, 0.6) is 11.5 Å². The van der Waals surface area contributed by atoms with Crippen LogP contribution in [0.3, 0.4) is 0 Å². The van der Waals surface area contributed by atoms with Crippen molar-refractivity contribution in [2.75, 3.05) is 23.4 Å². The summed E-state index contributed by atoms with van der Waals surface area (Å²) in [4.78, 5) is 27.4. The monoisotopic (exact) mass is 602 g/mol. The molecule has 0 aliphatic carbocycles. The minimum Gasteiger partial charge on any atom is -0.490 e. The van der Waals surface area contributed by atoms with Crippen molar-refractivity contribution in [2.45, 2.75) is 6.92 Å². The van der Waals surface area contributed by atoms with Crippen LogP contribution in [0.2, 0.25) is 5.02 Å². The fourth-order valence-corrected chi connectivity index (χ4v) is 5.24. The summed E-state index contributed by atoms with van der Waals surface area (Å²) in [6.45, 7) is 2.04. The minimum atomic E-state index is -0.333. The number of rotatable bonds is 8. The Hall–Kier alpha value is -2.85. The maximum atomic E-state index is 13.1. The number of ether oxygens (including phenoxy) is 2. The fourth-order valence-electron chi connectivity index (χ4n) is 3.37. The quantitative estimate of drug-likeness (QED) is 0.223. The van der Waals surface area contributed by atoms with E-state index in [1.807, 2.05) is 31.2 Å². The van der Waals surface area contributed by atoms with E-state index in [1.165, 1.54) is 16.7 Å². The molecule has 0 saturated carbocycles. The number of thiocarbonyl (C=S) groups is 1. The van der Waals surface area contributed by atoms with E-state index in [1.54, 1.807) is 48.5 Å². The van der Waals surface area contributed by atoms with Crippen LogP contribution in [0.15, 0.2) is 76.1 Å². The highest BCUT2D eigenvalue weighted by Crippen LogP contribution is 2.38. The summed E-state index contributed by atoms with van der Waals surface area (Å²) < 4.78 is 12.7. The molecule has 2 amide bonds. The van der Waals surface area contributed by atoms with Gasteiger partial charge in [-0.1, -0.05) is 69.7 Å². The molecule has 1 fully saturated rings. The molecule has 1 saturated heterocycles. The first-order valence-corrected chi connectivity index (χ1v) is 13.2. The zero-order valence-corrected chi connectivity index (χ0v) is 23.0. The Kier molecular flexibility index (Phi) is 8.68. The number of anilines is 2. The molecule has 1 aliphatic heterocycles. The Balaban J connectivity index is 1.48. The van der Waals surface area contributed by atoms with E-state index in [4.69, 9.17) is 33.3 Å². The average molecular weight is 604 g/mol. The third-order valence-electron chi connectivity index (χ3n) is 4.89. The highest BCUT2D eigenvalue weighted by molar-refractivity contribution is 9.10. The van der Waals surface area contributed by atoms with Crippen molar-refractivity contribution >= 4 is 85.1 Å². The molecule has 184 valence electrons. The molecule has 1 N–H and O–H groups in total. The number of thioether (sulfide) groups is 1. The molecule has 3 aromatic carbocycles. The smallest absolute Gasteiger partial charge is 0.270 e. The van der Waals surface area contributed by atoms with Gasteiger partial charge in [0.2, 0.25) is 0 Å². The van der Waals surface area contributed by atoms with Gasteiger partial charge in [-0.3, -0.25) is 14.5 Å². The van der Waals surface area contributed by atoms with Crippen LogP contribution in [-0.2, 0) is 9.59 Å². The van der Waals surface area contributed by atoms with Crippen molar-refractivity contribution in [3.63, 3.8) is 0 Å². The van der Waals surface area contributed by atoms with Crippen LogP contribution in [0.4, 0.5) is 11.4 Å². The van der Waals surface area contributed by atoms with Crippen molar-refractivity contribution < 1.29 is 19.1 Å². The van der Waals surface area contributed by atoms with E-state index >= 15 is 0 Å². The van der Waals surface area contributed by atoms with Crippen molar-refractivity contribution in [2.24, 2.45) is 0 Å². The predicted octanol–water partition coefficient (Wildman–Crippen LogP) is 6.92. The van der Waals surface area contributed by atoms with Gasteiger partial charge in [-0.05, 0) is 67.1 Å². The average Bonchev–Trinajstić information content (AvgIpc) is 3.11. The van der Waals surface area contributed by atoms with Gasteiger partial charge in [0.1, 0.15) is 0 Å². The molecule has 0 aromatic heterocycles. The van der Waals surface area contributed by atoms with Crippen LogP contribution in [0.1, 0.15) is 12.5 Å². The van der Waals surface area contributed by atoms with E-state index in [-0.39, 0.29) is 18.4 Å². The summed E-state index contributed by atoms with van der Waals surface area (Å²) in [6.07, 6.45) is 1.76. The lowest BCUT2D eigenvalue weighted by Gasteiger charge is -2.14. The Morgan fingerprint density at radius 1 is 1.11 bits per heavy atom. The molecule has 0 atom stereocenters. The molecular formula is C26H20BrClN2O4S2. The molecule has 10 heteroatoms. The van der Waals surface area contributed by atoms with E-state index in [0.29, 0.717) is 43.7 Å². The van der Waals surface area contributed by atoms with Crippen molar-refractivity contribution in [1.29, 1.82) is 0 Å². The molecule has 1 aliphatic rings.